The van der Waals surface area contributed by atoms with Crippen molar-refractivity contribution >= 4 is 45.1 Å². The summed E-state index contributed by atoms with van der Waals surface area (Å²) in [5, 5.41) is 3.56. The highest BCUT2D eigenvalue weighted by atomic mass is 35.5. The van der Waals surface area contributed by atoms with Crippen LogP contribution in [-0.2, 0) is 19.1 Å². The number of carbonyl (C=O) groups excluding carboxylic acids is 2. The van der Waals surface area contributed by atoms with Gasteiger partial charge in [-0.05, 0) is 80.3 Å². The molecule has 0 N–H and O–H groups in total. The summed E-state index contributed by atoms with van der Waals surface area (Å²) in [4.78, 5) is 25.6. The molecule has 2 unspecified atom stereocenters. The highest BCUT2D eigenvalue weighted by Crippen LogP contribution is 2.44. The highest BCUT2D eigenvalue weighted by molar-refractivity contribution is 6.31. The van der Waals surface area contributed by atoms with Crippen LogP contribution < -0.4 is 18.9 Å². The van der Waals surface area contributed by atoms with Gasteiger partial charge in [-0.1, -0.05) is 86.8 Å². The lowest BCUT2D eigenvalue weighted by molar-refractivity contribution is -0.153. The predicted octanol–water partition coefficient (Wildman–Crippen LogP) is 10.4. The maximum absolute atomic E-state index is 12.8. The third kappa shape index (κ3) is 11.5. The second-order valence-corrected chi connectivity index (χ2v) is 13.6. The van der Waals surface area contributed by atoms with Crippen LogP contribution in [0.2, 0.25) is 5.02 Å². The molecule has 0 radical (unpaired) electrons. The molecule has 0 fully saturated rings. The van der Waals surface area contributed by atoms with E-state index in [1.54, 1.807) is 6.07 Å². The van der Waals surface area contributed by atoms with Crippen molar-refractivity contribution in [3.8, 4) is 23.0 Å². The number of carbonyl (C=O) groups is 2. The topological polar surface area (TPSA) is 89.5 Å². The molecule has 5 aromatic rings. The molecule has 0 saturated carbocycles. The zero-order chi connectivity index (χ0) is 37.6. The van der Waals surface area contributed by atoms with Gasteiger partial charge in [-0.2, -0.15) is 0 Å². The Morgan fingerprint density at radius 1 is 0.547 bits per heavy atom. The quantitative estimate of drug-likeness (QED) is 0.0575. The summed E-state index contributed by atoms with van der Waals surface area (Å²) in [6, 6.07) is 28.7. The minimum atomic E-state index is -0.680. The number of unbranched alkanes of at least 4 members (excludes halogenated alkanes) is 2. The number of hydrogen-bond donors (Lipinski definition) is 0. The number of benzene rings is 5. The van der Waals surface area contributed by atoms with Crippen molar-refractivity contribution in [1.29, 1.82) is 0 Å². The average Bonchev–Trinajstić information content (AvgIpc) is 3.15. The van der Waals surface area contributed by atoms with E-state index in [9.17, 15) is 9.59 Å². The molecule has 53 heavy (non-hydrogen) atoms. The van der Waals surface area contributed by atoms with E-state index in [1.807, 2.05) is 113 Å². The number of halogens is 1. The van der Waals surface area contributed by atoms with Crippen molar-refractivity contribution in [3.63, 3.8) is 0 Å². The summed E-state index contributed by atoms with van der Waals surface area (Å²) in [7, 11) is 0. The Kier molecular flexibility index (Phi) is 14.6. The Morgan fingerprint density at radius 2 is 1.00 bits per heavy atom. The molecule has 280 valence electrons. The Bertz CT molecular complexity index is 1970. The molecule has 0 aromatic heterocycles. The lowest BCUT2D eigenvalue weighted by Crippen LogP contribution is -2.31. The number of rotatable bonds is 20. The van der Waals surface area contributed by atoms with Gasteiger partial charge in [-0.25, -0.2) is 0 Å². The van der Waals surface area contributed by atoms with E-state index in [1.165, 1.54) is 0 Å². The van der Waals surface area contributed by atoms with E-state index in [0.717, 1.165) is 58.4 Å². The molecule has 0 aliphatic rings. The monoisotopic (exact) mass is 740 g/mol. The summed E-state index contributed by atoms with van der Waals surface area (Å²) < 4.78 is 37.1. The zero-order valence-corrected chi connectivity index (χ0v) is 31.8. The first-order valence-electron chi connectivity index (χ1n) is 18.4. The second-order valence-electron chi connectivity index (χ2n) is 13.2. The van der Waals surface area contributed by atoms with Crippen molar-refractivity contribution in [3.05, 3.63) is 107 Å². The minimum absolute atomic E-state index is 0.0432. The normalized spacial score (nSPS) is 12.2. The van der Waals surface area contributed by atoms with Gasteiger partial charge in [0.1, 0.15) is 49.4 Å². The summed E-state index contributed by atoms with van der Waals surface area (Å²) in [5.74, 6) is 1.93. The van der Waals surface area contributed by atoms with Gasteiger partial charge in [-0.15, -0.1) is 0 Å². The molecule has 0 amide bonds. The SMILES string of the molecule is CCCCC(=O)OC(COc1cccc(C)c1)COc1c2ccccc2c(OCC(COc2cccc(C)c2)OC(=O)CCCC)c2cc(Cl)ccc12. The molecule has 8 nitrogen and oxygen atoms in total. The third-order valence-corrected chi connectivity index (χ3v) is 8.87. The van der Waals surface area contributed by atoms with Crippen molar-refractivity contribution in [2.45, 2.75) is 78.4 Å². The fourth-order valence-corrected chi connectivity index (χ4v) is 6.06. The predicted molar refractivity (Wildman–Crippen MR) is 210 cm³/mol. The maximum atomic E-state index is 12.8. The molecule has 0 saturated heterocycles. The van der Waals surface area contributed by atoms with Crippen LogP contribution >= 0.6 is 11.6 Å². The Morgan fingerprint density at radius 3 is 1.47 bits per heavy atom. The summed E-state index contributed by atoms with van der Waals surface area (Å²) >= 11 is 6.58. The van der Waals surface area contributed by atoms with Crippen LogP contribution in [0.5, 0.6) is 23.0 Å². The molecular formula is C44H49ClO8. The van der Waals surface area contributed by atoms with Gasteiger partial charge >= 0.3 is 11.9 Å². The van der Waals surface area contributed by atoms with Gasteiger partial charge in [-0.3, -0.25) is 9.59 Å². The number of fused-ring (bicyclic) bond motifs is 2. The minimum Gasteiger partial charge on any atom is -0.490 e. The summed E-state index contributed by atoms with van der Waals surface area (Å²) in [6.45, 7) is 8.38. The van der Waals surface area contributed by atoms with Crippen LogP contribution in [0.25, 0.3) is 21.5 Å². The number of hydrogen-bond acceptors (Lipinski definition) is 8. The lowest BCUT2D eigenvalue weighted by atomic mass is 10.0. The number of aryl methyl sites for hydroxylation is 2. The molecule has 5 aromatic carbocycles. The first kappa shape index (κ1) is 39.3. The zero-order valence-electron chi connectivity index (χ0n) is 31.0. The Balaban J connectivity index is 1.43. The van der Waals surface area contributed by atoms with Crippen molar-refractivity contribution in [1.82, 2.24) is 0 Å². The molecule has 5 rings (SSSR count). The average molecular weight is 741 g/mol. The maximum Gasteiger partial charge on any atom is 0.306 e. The van der Waals surface area contributed by atoms with Gasteiger partial charge in [0.25, 0.3) is 0 Å². The van der Waals surface area contributed by atoms with Gasteiger partial charge in [0.15, 0.2) is 12.2 Å². The molecule has 0 aliphatic heterocycles. The second kappa shape index (κ2) is 19.8. The number of ether oxygens (including phenoxy) is 6. The van der Waals surface area contributed by atoms with Crippen LogP contribution in [0.15, 0.2) is 91.0 Å². The lowest BCUT2D eigenvalue weighted by Gasteiger charge is -2.23. The van der Waals surface area contributed by atoms with E-state index in [0.29, 0.717) is 40.9 Å². The van der Waals surface area contributed by atoms with E-state index in [2.05, 4.69) is 0 Å². The molecular weight excluding hydrogens is 692 g/mol. The molecule has 0 aliphatic carbocycles. The van der Waals surface area contributed by atoms with Crippen molar-refractivity contribution < 1.29 is 38.0 Å². The Hall–Kier alpha value is -4.95. The van der Waals surface area contributed by atoms with Crippen LogP contribution in [-0.4, -0.2) is 50.6 Å². The number of esters is 2. The summed E-state index contributed by atoms with van der Waals surface area (Å²) in [6.07, 6.45) is 2.51. The molecule has 0 heterocycles. The highest BCUT2D eigenvalue weighted by Gasteiger charge is 2.23. The largest absolute Gasteiger partial charge is 0.490 e. The smallest absolute Gasteiger partial charge is 0.306 e. The Labute approximate surface area is 317 Å². The van der Waals surface area contributed by atoms with E-state index >= 15 is 0 Å². The van der Waals surface area contributed by atoms with Gasteiger partial charge in [0.05, 0.1) is 0 Å². The van der Waals surface area contributed by atoms with Crippen LogP contribution in [0.3, 0.4) is 0 Å². The van der Waals surface area contributed by atoms with Crippen LogP contribution in [0.1, 0.15) is 63.5 Å². The molecule has 0 spiro atoms. The first-order chi connectivity index (χ1) is 25.7. The summed E-state index contributed by atoms with van der Waals surface area (Å²) in [5.41, 5.74) is 2.13. The van der Waals surface area contributed by atoms with Crippen LogP contribution in [0.4, 0.5) is 0 Å². The van der Waals surface area contributed by atoms with E-state index < -0.39 is 12.2 Å². The van der Waals surface area contributed by atoms with Gasteiger partial charge < -0.3 is 28.4 Å². The van der Waals surface area contributed by atoms with E-state index in [4.69, 9.17) is 40.0 Å². The van der Waals surface area contributed by atoms with Gasteiger partial charge in [0.2, 0.25) is 0 Å². The third-order valence-electron chi connectivity index (χ3n) is 8.63. The van der Waals surface area contributed by atoms with Gasteiger partial charge in [0, 0.05) is 39.4 Å². The molecule has 2 atom stereocenters. The fraction of sp³-hybridized carbons (Fsp3) is 0.364. The molecule has 9 heteroatoms. The van der Waals surface area contributed by atoms with Crippen LogP contribution in [0, 0.1) is 13.8 Å². The fourth-order valence-electron chi connectivity index (χ4n) is 5.89. The van der Waals surface area contributed by atoms with Crippen molar-refractivity contribution in [2.75, 3.05) is 26.4 Å². The standard InChI is InChI=1S/C44H49ClO8/c1-5-7-19-41(46)52-35(26-48-33-15-11-13-30(3)23-33)28-50-43-37-17-9-10-18-38(37)44(40-25-32(45)21-22-39(40)43)51-29-36(53-42(47)20-8-6-2)27-49-34-16-12-14-31(4)24-34/h9-18,21-25,35-36H,5-8,19-20,26-29H2,1-4H3. The van der Waals surface area contributed by atoms with E-state index in [-0.39, 0.29) is 38.4 Å². The van der Waals surface area contributed by atoms with Crippen molar-refractivity contribution in [2.24, 2.45) is 0 Å². The molecule has 0 bridgehead atoms. The first-order valence-corrected chi connectivity index (χ1v) is 18.8.